The Labute approximate surface area is 77.4 Å². The van der Waals surface area contributed by atoms with Crippen LogP contribution in [-0.4, -0.2) is 6.29 Å². The van der Waals surface area contributed by atoms with E-state index < -0.39 is 0 Å². The third-order valence-corrected chi connectivity index (χ3v) is 2.19. The summed E-state index contributed by atoms with van der Waals surface area (Å²) in [5.41, 5.74) is 3.29. The molecule has 0 saturated carbocycles. The molecule has 0 heterocycles. The fraction of sp³-hybridized carbons (Fsp3) is 0.0833. The average molecular weight is 170 g/mol. The minimum atomic E-state index is 0.771. The molecular formula is C12H10O. The van der Waals surface area contributed by atoms with Crippen LogP contribution in [0.1, 0.15) is 12.0 Å². The molecular weight excluding hydrogens is 160 g/mol. The van der Waals surface area contributed by atoms with Crippen LogP contribution in [0.2, 0.25) is 0 Å². The Morgan fingerprint density at radius 1 is 1.08 bits per heavy atom. The molecule has 0 N–H and O–H groups in total. The molecule has 0 fully saturated rings. The van der Waals surface area contributed by atoms with Crippen LogP contribution in [0.5, 0.6) is 0 Å². The monoisotopic (exact) mass is 170 g/mol. The number of benzene rings is 1. The van der Waals surface area contributed by atoms with Gasteiger partial charge in [0.2, 0.25) is 0 Å². The number of carbonyl (C=O) groups excluding carboxylic acids is 1. The Hall–Kier alpha value is -1.63. The number of hydrogen-bond acceptors (Lipinski definition) is 1. The fourth-order valence-electron chi connectivity index (χ4n) is 1.48. The minimum absolute atomic E-state index is 0.771. The summed E-state index contributed by atoms with van der Waals surface area (Å²) in [4.78, 5) is 10.5. The van der Waals surface area contributed by atoms with Crippen LogP contribution in [0.25, 0.3) is 5.57 Å². The van der Waals surface area contributed by atoms with Gasteiger partial charge in [-0.3, -0.25) is 4.79 Å². The standard InChI is InChI=1S/C12H10O/c13-9-10-6-7-12(8-10)11-4-2-1-3-5-11/h1-7,9H,8H2. The molecule has 0 aromatic heterocycles. The number of allylic oxidation sites excluding steroid dienone is 4. The summed E-state index contributed by atoms with van der Waals surface area (Å²) in [6.07, 6.45) is 5.59. The van der Waals surface area contributed by atoms with Gasteiger partial charge in [-0.05, 0) is 16.7 Å². The van der Waals surface area contributed by atoms with E-state index in [0.29, 0.717) is 0 Å². The summed E-state index contributed by atoms with van der Waals surface area (Å²) in [6, 6.07) is 10.1. The highest BCUT2D eigenvalue weighted by Crippen LogP contribution is 2.26. The van der Waals surface area contributed by atoms with E-state index in [4.69, 9.17) is 0 Å². The largest absolute Gasteiger partial charge is 0.298 e. The molecule has 1 aliphatic rings. The van der Waals surface area contributed by atoms with Crippen LogP contribution in [0.4, 0.5) is 0 Å². The molecule has 1 nitrogen and oxygen atoms in total. The van der Waals surface area contributed by atoms with Crippen molar-refractivity contribution in [3.63, 3.8) is 0 Å². The van der Waals surface area contributed by atoms with Crippen molar-refractivity contribution in [1.82, 2.24) is 0 Å². The van der Waals surface area contributed by atoms with Crippen molar-refractivity contribution in [2.75, 3.05) is 0 Å². The third-order valence-electron chi connectivity index (χ3n) is 2.19. The normalized spacial score (nSPS) is 15.1. The summed E-state index contributed by atoms with van der Waals surface area (Å²) in [5.74, 6) is 0. The van der Waals surface area contributed by atoms with Crippen molar-refractivity contribution < 1.29 is 4.79 Å². The Kier molecular flexibility index (Phi) is 2.09. The first-order valence-electron chi connectivity index (χ1n) is 4.30. The van der Waals surface area contributed by atoms with Gasteiger partial charge < -0.3 is 0 Å². The summed E-state index contributed by atoms with van der Waals surface area (Å²) >= 11 is 0. The Morgan fingerprint density at radius 2 is 1.85 bits per heavy atom. The molecule has 0 radical (unpaired) electrons. The molecule has 0 unspecified atom stereocenters. The lowest BCUT2D eigenvalue weighted by Crippen LogP contribution is -1.83. The maximum absolute atomic E-state index is 10.5. The SMILES string of the molecule is O=CC1=CC=C(c2ccccc2)C1. The van der Waals surface area contributed by atoms with Gasteiger partial charge in [0.1, 0.15) is 6.29 Å². The Morgan fingerprint density at radius 3 is 2.46 bits per heavy atom. The van der Waals surface area contributed by atoms with E-state index in [1.54, 1.807) is 0 Å². The van der Waals surface area contributed by atoms with Crippen LogP contribution < -0.4 is 0 Å². The first kappa shape index (κ1) is 7.99. The molecule has 1 heteroatoms. The van der Waals surface area contributed by atoms with Gasteiger partial charge in [0, 0.05) is 6.42 Å². The number of rotatable bonds is 2. The molecule has 0 atom stereocenters. The van der Waals surface area contributed by atoms with E-state index in [0.717, 1.165) is 18.3 Å². The second kappa shape index (κ2) is 3.40. The smallest absolute Gasteiger partial charge is 0.146 e. The third kappa shape index (κ3) is 1.59. The maximum atomic E-state index is 10.5. The molecule has 2 rings (SSSR count). The highest BCUT2D eigenvalue weighted by Gasteiger charge is 2.08. The first-order valence-corrected chi connectivity index (χ1v) is 4.30. The molecule has 0 saturated heterocycles. The highest BCUT2D eigenvalue weighted by atomic mass is 16.1. The molecule has 1 aromatic carbocycles. The summed E-state index contributed by atoms with van der Waals surface area (Å²) in [6.45, 7) is 0. The lowest BCUT2D eigenvalue weighted by molar-refractivity contribution is -0.104. The number of carbonyl (C=O) groups is 1. The van der Waals surface area contributed by atoms with Crippen LogP contribution in [-0.2, 0) is 4.79 Å². The average Bonchev–Trinajstić information content (AvgIpc) is 2.67. The van der Waals surface area contributed by atoms with Crippen LogP contribution in [0, 0.1) is 0 Å². The molecule has 64 valence electrons. The van der Waals surface area contributed by atoms with Crippen molar-refractivity contribution >= 4 is 11.9 Å². The first-order chi connectivity index (χ1) is 6.40. The van der Waals surface area contributed by atoms with E-state index in [1.165, 1.54) is 11.1 Å². The van der Waals surface area contributed by atoms with Crippen LogP contribution in [0.15, 0.2) is 48.1 Å². The zero-order valence-electron chi connectivity index (χ0n) is 7.23. The van der Waals surface area contributed by atoms with Crippen LogP contribution in [0.3, 0.4) is 0 Å². The van der Waals surface area contributed by atoms with Gasteiger partial charge in [0.05, 0.1) is 0 Å². The Balaban J connectivity index is 2.20. The zero-order valence-corrected chi connectivity index (χ0v) is 7.23. The lowest BCUT2D eigenvalue weighted by atomic mass is 10.0. The van der Waals surface area contributed by atoms with Gasteiger partial charge in [0.15, 0.2) is 0 Å². The van der Waals surface area contributed by atoms with Gasteiger partial charge in [-0.15, -0.1) is 0 Å². The van der Waals surface area contributed by atoms with E-state index in [-0.39, 0.29) is 0 Å². The zero-order chi connectivity index (χ0) is 9.10. The minimum Gasteiger partial charge on any atom is -0.298 e. The van der Waals surface area contributed by atoms with Gasteiger partial charge in [-0.2, -0.15) is 0 Å². The van der Waals surface area contributed by atoms with Gasteiger partial charge in [-0.25, -0.2) is 0 Å². The summed E-state index contributed by atoms with van der Waals surface area (Å²) < 4.78 is 0. The molecule has 0 amide bonds. The molecule has 13 heavy (non-hydrogen) atoms. The summed E-state index contributed by atoms with van der Waals surface area (Å²) in [7, 11) is 0. The van der Waals surface area contributed by atoms with Crippen molar-refractivity contribution in [3.05, 3.63) is 53.6 Å². The predicted octanol–water partition coefficient (Wildman–Crippen LogP) is 2.60. The van der Waals surface area contributed by atoms with Crippen LogP contribution >= 0.6 is 0 Å². The van der Waals surface area contributed by atoms with Crippen molar-refractivity contribution in [3.8, 4) is 0 Å². The highest BCUT2D eigenvalue weighted by molar-refractivity contribution is 5.85. The lowest BCUT2D eigenvalue weighted by Gasteiger charge is -2.00. The van der Waals surface area contributed by atoms with E-state index in [2.05, 4.69) is 12.1 Å². The topological polar surface area (TPSA) is 17.1 Å². The van der Waals surface area contributed by atoms with E-state index in [9.17, 15) is 4.79 Å². The van der Waals surface area contributed by atoms with E-state index in [1.807, 2.05) is 30.4 Å². The van der Waals surface area contributed by atoms with Gasteiger partial charge in [-0.1, -0.05) is 42.5 Å². The van der Waals surface area contributed by atoms with Crippen molar-refractivity contribution in [1.29, 1.82) is 0 Å². The van der Waals surface area contributed by atoms with Gasteiger partial charge >= 0.3 is 0 Å². The quantitative estimate of drug-likeness (QED) is 0.623. The van der Waals surface area contributed by atoms with Gasteiger partial charge in [0.25, 0.3) is 0 Å². The molecule has 0 bridgehead atoms. The number of aldehydes is 1. The molecule has 1 aliphatic carbocycles. The second-order valence-electron chi connectivity index (χ2n) is 3.09. The summed E-state index contributed by atoms with van der Waals surface area (Å²) in [5, 5.41) is 0. The van der Waals surface area contributed by atoms with Crippen molar-refractivity contribution in [2.45, 2.75) is 6.42 Å². The number of hydrogen-bond donors (Lipinski definition) is 0. The molecule has 0 aliphatic heterocycles. The van der Waals surface area contributed by atoms with Crippen molar-refractivity contribution in [2.24, 2.45) is 0 Å². The Bertz CT molecular complexity index is 371. The molecule has 0 spiro atoms. The molecule has 1 aromatic rings. The second-order valence-corrected chi connectivity index (χ2v) is 3.09. The predicted molar refractivity (Wildman–Crippen MR) is 53.2 cm³/mol. The maximum Gasteiger partial charge on any atom is 0.146 e. The van der Waals surface area contributed by atoms with E-state index >= 15 is 0 Å². The fourth-order valence-corrected chi connectivity index (χ4v) is 1.48.